The van der Waals surface area contributed by atoms with Crippen molar-refractivity contribution in [2.24, 2.45) is 0 Å². The van der Waals surface area contributed by atoms with E-state index in [1.165, 1.54) is 12.1 Å². The summed E-state index contributed by atoms with van der Waals surface area (Å²) in [6, 6.07) is 19.5. The molecule has 5 rings (SSSR count). The molecule has 0 saturated carbocycles. The van der Waals surface area contributed by atoms with Gasteiger partial charge < -0.3 is 0 Å². The summed E-state index contributed by atoms with van der Waals surface area (Å²) in [5, 5.41) is 0. The van der Waals surface area contributed by atoms with Gasteiger partial charge >= 0.3 is 6.18 Å². The molecule has 3 aromatic carbocycles. The van der Waals surface area contributed by atoms with E-state index in [9.17, 15) is 21.6 Å². The highest BCUT2D eigenvalue weighted by Crippen LogP contribution is 2.39. The molecular formula is C28H26F3N3O2S. The Kier molecular flexibility index (Phi) is 6.45. The summed E-state index contributed by atoms with van der Waals surface area (Å²) in [5.74, 6) is 0.232. The number of likely N-dealkylation sites (tertiary alicyclic amines) is 1. The third-order valence-corrected chi connectivity index (χ3v) is 7.91. The molecule has 1 aliphatic rings. The molecule has 9 heteroatoms. The second-order valence-corrected chi connectivity index (χ2v) is 11.4. The van der Waals surface area contributed by atoms with E-state index in [2.05, 4.69) is 4.90 Å². The summed E-state index contributed by atoms with van der Waals surface area (Å²) in [7, 11) is -1.36. The van der Waals surface area contributed by atoms with E-state index >= 15 is 0 Å². The van der Waals surface area contributed by atoms with Gasteiger partial charge in [0.1, 0.15) is 5.82 Å². The Bertz CT molecular complexity index is 1540. The average Bonchev–Trinajstić information content (AvgIpc) is 3.49. The SMILES string of the molecule is CN1CCCC1c1cn(-c2ccc(-c3cccc(S(C)(=O)=O)c3)cc2)c(-c2ccccc2C(F)(F)F)n1. The van der Waals surface area contributed by atoms with E-state index in [1.54, 1.807) is 28.8 Å². The molecule has 4 aromatic rings. The van der Waals surface area contributed by atoms with Crippen LogP contribution in [0.1, 0.15) is 30.1 Å². The number of alkyl halides is 3. The summed E-state index contributed by atoms with van der Waals surface area (Å²) in [6.07, 6.45) is 0.363. The molecule has 0 aliphatic carbocycles. The highest BCUT2D eigenvalue weighted by Gasteiger charge is 2.35. The Hall–Kier alpha value is -3.43. The summed E-state index contributed by atoms with van der Waals surface area (Å²) in [6.45, 7) is 0.910. The van der Waals surface area contributed by atoms with Crippen molar-refractivity contribution in [2.75, 3.05) is 19.8 Å². The normalized spacial score (nSPS) is 16.8. The Labute approximate surface area is 214 Å². The second-order valence-electron chi connectivity index (χ2n) is 9.39. The Morgan fingerprint density at radius 3 is 2.32 bits per heavy atom. The highest BCUT2D eigenvalue weighted by molar-refractivity contribution is 7.90. The van der Waals surface area contributed by atoms with Gasteiger partial charge in [-0.05, 0) is 67.9 Å². The van der Waals surface area contributed by atoms with Crippen molar-refractivity contribution in [3.05, 3.63) is 90.3 Å². The van der Waals surface area contributed by atoms with Gasteiger partial charge in [0.2, 0.25) is 0 Å². The number of rotatable bonds is 5. The molecule has 1 saturated heterocycles. The van der Waals surface area contributed by atoms with Crippen LogP contribution in [-0.2, 0) is 16.0 Å². The van der Waals surface area contributed by atoms with Gasteiger partial charge in [0.15, 0.2) is 9.84 Å². The standard InChI is InChI=1S/C28H26F3N3O2S/c1-33-16-6-11-26(33)25-18-34(27(32-25)23-9-3-4-10-24(23)28(29,30)31)21-14-12-19(13-15-21)20-7-5-8-22(17-20)37(2,35)36/h3-5,7-10,12-15,17-18,26H,6,11,16H2,1-2H3. The maximum atomic E-state index is 13.9. The smallest absolute Gasteiger partial charge is 0.299 e. The first kappa shape index (κ1) is 25.2. The molecule has 1 atom stereocenters. The molecule has 0 spiro atoms. The molecule has 2 heterocycles. The number of nitrogens with zero attached hydrogens (tertiary/aromatic N) is 3. The number of hydrogen-bond acceptors (Lipinski definition) is 4. The molecule has 192 valence electrons. The van der Waals surface area contributed by atoms with E-state index < -0.39 is 21.6 Å². The van der Waals surface area contributed by atoms with Crippen molar-refractivity contribution in [2.45, 2.75) is 30.0 Å². The van der Waals surface area contributed by atoms with Gasteiger partial charge in [0, 0.05) is 23.7 Å². The number of halogens is 3. The van der Waals surface area contributed by atoms with Crippen LogP contribution in [0.3, 0.4) is 0 Å². The fraction of sp³-hybridized carbons (Fsp3) is 0.250. The van der Waals surface area contributed by atoms with Gasteiger partial charge in [-0.25, -0.2) is 13.4 Å². The molecule has 0 bridgehead atoms. The first-order valence-electron chi connectivity index (χ1n) is 11.9. The summed E-state index contributed by atoms with van der Waals surface area (Å²) in [4.78, 5) is 7.13. The van der Waals surface area contributed by atoms with Crippen molar-refractivity contribution in [3.63, 3.8) is 0 Å². The van der Waals surface area contributed by atoms with Crippen molar-refractivity contribution in [1.29, 1.82) is 0 Å². The zero-order chi connectivity index (χ0) is 26.4. The summed E-state index contributed by atoms with van der Waals surface area (Å²) in [5.41, 5.74) is 2.21. The van der Waals surface area contributed by atoms with E-state index in [0.717, 1.165) is 48.5 Å². The molecule has 1 unspecified atom stereocenters. The van der Waals surface area contributed by atoms with E-state index in [4.69, 9.17) is 4.98 Å². The van der Waals surface area contributed by atoms with Crippen molar-refractivity contribution in [3.8, 4) is 28.2 Å². The Balaban J connectivity index is 1.61. The minimum absolute atomic E-state index is 0.0202. The highest BCUT2D eigenvalue weighted by atomic mass is 32.2. The lowest BCUT2D eigenvalue weighted by Gasteiger charge is -2.16. The number of sulfone groups is 1. The first-order valence-corrected chi connectivity index (χ1v) is 13.8. The zero-order valence-corrected chi connectivity index (χ0v) is 21.2. The third kappa shape index (κ3) is 5.06. The fourth-order valence-corrected chi connectivity index (χ4v) is 5.54. The molecule has 5 nitrogen and oxygen atoms in total. The zero-order valence-electron chi connectivity index (χ0n) is 20.4. The number of imidazole rings is 1. The molecule has 1 fully saturated rings. The van der Waals surface area contributed by atoms with Crippen molar-refractivity contribution >= 4 is 9.84 Å². The van der Waals surface area contributed by atoms with Crippen LogP contribution in [0.5, 0.6) is 0 Å². The van der Waals surface area contributed by atoms with Crippen LogP contribution in [0.15, 0.2) is 83.9 Å². The van der Waals surface area contributed by atoms with E-state index in [1.807, 2.05) is 43.6 Å². The molecule has 37 heavy (non-hydrogen) atoms. The number of aromatic nitrogens is 2. The van der Waals surface area contributed by atoms with Crippen LogP contribution in [0, 0.1) is 0 Å². The predicted octanol–water partition coefficient (Wildman–Crippen LogP) is 6.40. The lowest BCUT2D eigenvalue weighted by Crippen LogP contribution is -2.17. The lowest BCUT2D eigenvalue weighted by molar-refractivity contribution is -0.137. The molecule has 1 aromatic heterocycles. The van der Waals surface area contributed by atoms with Crippen LogP contribution in [0.4, 0.5) is 13.2 Å². The minimum atomic E-state index is -4.52. The van der Waals surface area contributed by atoms with Gasteiger partial charge in [-0.2, -0.15) is 13.2 Å². The largest absolute Gasteiger partial charge is 0.417 e. The fourth-order valence-electron chi connectivity index (χ4n) is 4.88. The molecule has 0 N–H and O–H groups in total. The summed E-state index contributed by atoms with van der Waals surface area (Å²) < 4.78 is 67.4. The second kappa shape index (κ2) is 9.46. The van der Waals surface area contributed by atoms with Gasteiger partial charge in [0.25, 0.3) is 0 Å². The topological polar surface area (TPSA) is 55.2 Å². The molecule has 0 radical (unpaired) electrons. The van der Waals surface area contributed by atoms with Gasteiger partial charge in [-0.1, -0.05) is 42.5 Å². The summed E-state index contributed by atoms with van der Waals surface area (Å²) >= 11 is 0. The predicted molar refractivity (Wildman–Crippen MR) is 137 cm³/mol. The third-order valence-electron chi connectivity index (χ3n) is 6.80. The van der Waals surface area contributed by atoms with Crippen LogP contribution in [-0.4, -0.2) is 42.7 Å². The number of hydrogen-bond donors (Lipinski definition) is 0. The molecular weight excluding hydrogens is 499 g/mol. The quantitative estimate of drug-likeness (QED) is 0.303. The molecule has 0 amide bonds. The van der Waals surface area contributed by atoms with E-state index in [0.29, 0.717) is 5.69 Å². The first-order chi connectivity index (χ1) is 17.5. The average molecular weight is 526 g/mol. The lowest BCUT2D eigenvalue weighted by atomic mass is 10.0. The van der Waals surface area contributed by atoms with Crippen LogP contribution < -0.4 is 0 Å². The maximum absolute atomic E-state index is 13.9. The van der Waals surface area contributed by atoms with Crippen LogP contribution >= 0.6 is 0 Å². The van der Waals surface area contributed by atoms with Crippen LogP contribution in [0.2, 0.25) is 0 Å². The monoisotopic (exact) mass is 525 g/mol. The molecule has 1 aliphatic heterocycles. The van der Waals surface area contributed by atoms with E-state index in [-0.39, 0.29) is 22.3 Å². The van der Waals surface area contributed by atoms with Gasteiger partial charge in [-0.3, -0.25) is 9.47 Å². The van der Waals surface area contributed by atoms with Gasteiger partial charge in [0.05, 0.1) is 22.2 Å². The Morgan fingerprint density at radius 2 is 1.68 bits per heavy atom. The minimum Gasteiger partial charge on any atom is -0.299 e. The van der Waals surface area contributed by atoms with Crippen LogP contribution in [0.25, 0.3) is 28.2 Å². The Morgan fingerprint density at radius 1 is 0.946 bits per heavy atom. The van der Waals surface area contributed by atoms with Gasteiger partial charge in [-0.15, -0.1) is 0 Å². The van der Waals surface area contributed by atoms with Crippen molar-refractivity contribution in [1.82, 2.24) is 14.5 Å². The van der Waals surface area contributed by atoms with Crippen molar-refractivity contribution < 1.29 is 21.6 Å². The maximum Gasteiger partial charge on any atom is 0.417 e. The number of benzene rings is 3.